The van der Waals surface area contributed by atoms with Crippen molar-refractivity contribution < 1.29 is 0 Å². The highest BCUT2D eigenvalue weighted by Gasteiger charge is 2.30. The van der Waals surface area contributed by atoms with E-state index in [4.69, 9.17) is 0 Å². The molecule has 0 aliphatic heterocycles. The van der Waals surface area contributed by atoms with Crippen LogP contribution in [0, 0.1) is 0 Å². The third-order valence-corrected chi connectivity index (χ3v) is 5.53. The van der Waals surface area contributed by atoms with Gasteiger partial charge in [0.1, 0.15) is 0 Å². The molecule has 1 heterocycles. The third-order valence-electron chi connectivity index (χ3n) is 5.53. The van der Waals surface area contributed by atoms with Gasteiger partial charge in [-0.25, -0.2) is 0 Å². The maximum Gasteiger partial charge on any atom is 0.0302 e. The maximum absolute atomic E-state index is 4.32. The molecule has 132 valence electrons. The van der Waals surface area contributed by atoms with E-state index in [1.807, 2.05) is 12.4 Å². The van der Waals surface area contributed by atoms with Gasteiger partial charge >= 0.3 is 0 Å². The van der Waals surface area contributed by atoms with Crippen molar-refractivity contribution >= 4 is 0 Å². The minimum Gasteiger partial charge on any atom is -0.292 e. The molecule has 1 saturated carbocycles. The zero-order valence-corrected chi connectivity index (χ0v) is 15.2. The van der Waals surface area contributed by atoms with Gasteiger partial charge in [-0.2, -0.15) is 0 Å². The fourth-order valence-electron chi connectivity index (χ4n) is 4.16. The Balaban J connectivity index is 1.51. The van der Waals surface area contributed by atoms with Gasteiger partial charge in [0, 0.05) is 31.5 Å². The SMILES string of the molecule is c1ccc(CN(Cc2ccccc2)C2CCC(c3cccnc3)C2)cc1. The second kappa shape index (κ2) is 8.29. The molecule has 1 aliphatic carbocycles. The van der Waals surface area contributed by atoms with E-state index >= 15 is 0 Å². The lowest BCUT2D eigenvalue weighted by atomic mass is 9.99. The Kier molecular flexibility index (Phi) is 5.41. The van der Waals surface area contributed by atoms with Crippen molar-refractivity contribution in [1.82, 2.24) is 9.88 Å². The summed E-state index contributed by atoms with van der Waals surface area (Å²) in [5, 5.41) is 0. The summed E-state index contributed by atoms with van der Waals surface area (Å²) in [5.41, 5.74) is 4.19. The summed E-state index contributed by atoms with van der Waals surface area (Å²) in [6, 6.07) is 26.7. The number of benzene rings is 2. The van der Waals surface area contributed by atoms with Gasteiger partial charge in [-0.15, -0.1) is 0 Å². The number of aromatic nitrogens is 1. The molecule has 2 unspecified atom stereocenters. The van der Waals surface area contributed by atoms with Gasteiger partial charge in [0.15, 0.2) is 0 Å². The maximum atomic E-state index is 4.32. The standard InChI is InChI=1S/C24H26N2/c1-3-8-20(9-4-1)18-26(19-21-10-5-2-6-11-21)24-14-13-22(16-24)23-12-7-15-25-17-23/h1-12,15,17,22,24H,13-14,16,18-19H2. The zero-order valence-electron chi connectivity index (χ0n) is 15.2. The predicted molar refractivity (Wildman–Crippen MR) is 107 cm³/mol. The van der Waals surface area contributed by atoms with Crippen LogP contribution in [-0.2, 0) is 13.1 Å². The Bertz CT molecular complexity index is 745. The lowest BCUT2D eigenvalue weighted by molar-refractivity contribution is 0.179. The average Bonchev–Trinajstić information content (AvgIpc) is 3.20. The van der Waals surface area contributed by atoms with Gasteiger partial charge in [-0.05, 0) is 47.9 Å². The fourth-order valence-corrected chi connectivity index (χ4v) is 4.16. The first-order valence-corrected chi connectivity index (χ1v) is 9.60. The zero-order chi connectivity index (χ0) is 17.6. The van der Waals surface area contributed by atoms with Crippen molar-refractivity contribution in [2.75, 3.05) is 0 Å². The summed E-state index contributed by atoms with van der Waals surface area (Å²) >= 11 is 0. The van der Waals surface area contributed by atoms with E-state index < -0.39 is 0 Å². The number of rotatable bonds is 6. The molecule has 26 heavy (non-hydrogen) atoms. The highest BCUT2D eigenvalue weighted by atomic mass is 15.2. The predicted octanol–water partition coefficient (Wildman–Crippen LogP) is 5.42. The average molecular weight is 342 g/mol. The molecule has 2 aromatic carbocycles. The Morgan fingerprint density at radius 1 is 0.769 bits per heavy atom. The molecule has 2 nitrogen and oxygen atoms in total. The fraction of sp³-hybridized carbons (Fsp3) is 0.292. The molecule has 0 radical (unpaired) electrons. The van der Waals surface area contributed by atoms with Gasteiger partial charge in [-0.3, -0.25) is 9.88 Å². The molecule has 0 spiro atoms. The van der Waals surface area contributed by atoms with Crippen LogP contribution < -0.4 is 0 Å². The quantitative estimate of drug-likeness (QED) is 0.594. The number of nitrogens with zero attached hydrogens (tertiary/aromatic N) is 2. The van der Waals surface area contributed by atoms with E-state index in [0.29, 0.717) is 12.0 Å². The minimum atomic E-state index is 0.626. The lowest BCUT2D eigenvalue weighted by Crippen LogP contribution is -2.32. The topological polar surface area (TPSA) is 16.1 Å². The van der Waals surface area contributed by atoms with Crippen molar-refractivity contribution in [2.45, 2.75) is 44.3 Å². The highest BCUT2D eigenvalue weighted by Crippen LogP contribution is 2.37. The monoisotopic (exact) mass is 342 g/mol. The van der Waals surface area contributed by atoms with Crippen LogP contribution in [0.1, 0.15) is 41.9 Å². The largest absolute Gasteiger partial charge is 0.292 e. The van der Waals surface area contributed by atoms with E-state index in [1.165, 1.54) is 36.0 Å². The van der Waals surface area contributed by atoms with Crippen LogP contribution in [0.15, 0.2) is 85.2 Å². The normalized spacial score (nSPS) is 19.7. The molecule has 4 rings (SSSR count). The van der Waals surface area contributed by atoms with Gasteiger partial charge in [0.2, 0.25) is 0 Å². The first-order chi connectivity index (χ1) is 12.9. The smallest absolute Gasteiger partial charge is 0.0302 e. The Hall–Kier alpha value is -2.45. The highest BCUT2D eigenvalue weighted by molar-refractivity contribution is 5.20. The van der Waals surface area contributed by atoms with E-state index in [-0.39, 0.29) is 0 Å². The molecular weight excluding hydrogens is 316 g/mol. The summed E-state index contributed by atoms with van der Waals surface area (Å²) < 4.78 is 0. The van der Waals surface area contributed by atoms with E-state index in [1.54, 1.807) is 0 Å². The molecule has 0 N–H and O–H groups in total. The van der Waals surface area contributed by atoms with Gasteiger partial charge in [-0.1, -0.05) is 66.7 Å². The van der Waals surface area contributed by atoms with E-state index in [9.17, 15) is 0 Å². The molecule has 0 amide bonds. The van der Waals surface area contributed by atoms with Crippen LogP contribution in [0.2, 0.25) is 0 Å². The van der Waals surface area contributed by atoms with Crippen LogP contribution in [-0.4, -0.2) is 15.9 Å². The molecule has 1 fully saturated rings. The van der Waals surface area contributed by atoms with Crippen molar-refractivity contribution in [1.29, 1.82) is 0 Å². The van der Waals surface area contributed by atoms with Crippen molar-refractivity contribution in [2.24, 2.45) is 0 Å². The second-order valence-electron chi connectivity index (χ2n) is 7.33. The molecule has 0 saturated heterocycles. The second-order valence-corrected chi connectivity index (χ2v) is 7.33. The minimum absolute atomic E-state index is 0.626. The van der Waals surface area contributed by atoms with Crippen LogP contribution >= 0.6 is 0 Å². The Labute approximate surface area is 156 Å². The van der Waals surface area contributed by atoms with Crippen molar-refractivity contribution in [3.8, 4) is 0 Å². The van der Waals surface area contributed by atoms with E-state index in [2.05, 4.69) is 82.7 Å². The van der Waals surface area contributed by atoms with Crippen LogP contribution in [0.4, 0.5) is 0 Å². The Morgan fingerprint density at radius 3 is 2.00 bits per heavy atom. The molecular formula is C24H26N2. The molecule has 3 aromatic rings. The van der Waals surface area contributed by atoms with Crippen molar-refractivity contribution in [3.05, 3.63) is 102 Å². The molecule has 0 bridgehead atoms. The summed E-state index contributed by atoms with van der Waals surface area (Å²) in [5.74, 6) is 0.641. The van der Waals surface area contributed by atoms with Crippen molar-refractivity contribution in [3.63, 3.8) is 0 Å². The van der Waals surface area contributed by atoms with Gasteiger partial charge in [0.05, 0.1) is 0 Å². The third kappa shape index (κ3) is 4.20. The number of pyridine rings is 1. The molecule has 2 heteroatoms. The number of hydrogen-bond donors (Lipinski definition) is 0. The summed E-state index contributed by atoms with van der Waals surface area (Å²) in [4.78, 5) is 6.99. The first-order valence-electron chi connectivity index (χ1n) is 9.60. The van der Waals surface area contributed by atoms with Gasteiger partial charge < -0.3 is 0 Å². The van der Waals surface area contributed by atoms with E-state index in [0.717, 1.165) is 13.1 Å². The molecule has 1 aromatic heterocycles. The first kappa shape index (κ1) is 17.0. The lowest BCUT2D eigenvalue weighted by Gasteiger charge is -2.29. The Morgan fingerprint density at radius 2 is 1.42 bits per heavy atom. The summed E-state index contributed by atoms with van der Waals surface area (Å²) in [6.45, 7) is 2.03. The molecule has 2 atom stereocenters. The van der Waals surface area contributed by atoms with Crippen LogP contribution in [0.3, 0.4) is 0 Å². The van der Waals surface area contributed by atoms with Crippen LogP contribution in [0.5, 0.6) is 0 Å². The molecule has 1 aliphatic rings. The summed E-state index contributed by atoms with van der Waals surface area (Å²) in [7, 11) is 0. The number of hydrogen-bond acceptors (Lipinski definition) is 2. The van der Waals surface area contributed by atoms with Crippen LogP contribution in [0.25, 0.3) is 0 Å². The summed E-state index contributed by atoms with van der Waals surface area (Å²) in [6.07, 6.45) is 7.67. The van der Waals surface area contributed by atoms with Gasteiger partial charge in [0.25, 0.3) is 0 Å².